The Bertz CT molecular complexity index is 252. The summed E-state index contributed by atoms with van der Waals surface area (Å²) in [5.74, 6) is 0. The van der Waals surface area contributed by atoms with E-state index in [0.29, 0.717) is 58.0 Å². The van der Waals surface area contributed by atoms with Crippen molar-refractivity contribution in [2.24, 2.45) is 5.41 Å². The lowest BCUT2D eigenvalue weighted by molar-refractivity contribution is -0.0650. The zero-order valence-corrected chi connectivity index (χ0v) is 12.0. The van der Waals surface area contributed by atoms with Crippen molar-refractivity contribution in [2.75, 3.05) is 59.5 Å². The van der Waals surface area contributed by atoms with Crippen LogP contribution in [0.1, 0.15) is 6.92 Å². The maximum Gasteiger partial charge on any atom is 0.104 e. The van der Waals surface area contributed by atoms with Crippen molar-refractivity contribution in [3.8, 4) is 0 Å². The standard InChI is InChI=1S/C14H24O6/c1-14(8-15-2-11-5-18-11,9-16-3-12-6-19-12)10-17-4-13-7-20-13/h11-13H,2-10H2,1H3/t11-,12?,13?,14?/m0/s1. The van der Waals surface area contributed by atoms with Gasteiger partial charge in [0, 0.05) is 5.41 Å². The largest absolute Gasteiger partial charge is 0.378 e. The Hall–Kier alpha value is -0.240. The van der Waals surface area contributed by atoms with Crippen LogP contribution in [0.3, 0.4) is 0 Å². The van der Waals surface area contributed by atoms with Crippen LogP contribution in [0.4, 0.5) is 0 Å². The van der Waals surface area contributed by atoms with Crippen LogP contribution in [-0.4, -0.2) is 77.8 Å². The average molecular weight is 288 g/mol. The van der Waals surface area contributed by atoms with Gasteiger partial charge >= 0.3 is 0 Å². The maximum atomic E-state index is 5.72. The number of epoxide rings is 3. The molecule has 0 aromatic heterocycles. The monoisotopic (exact) mass is 288 g/mol. The van der Waals surface area contributed by atoms with Gasteiger partial charge in [0.15, 0.2) is 0 Å². The summed E-state index contributed by atoms with van der Waals surface area (Å²) in [5.41, 5.74) is -0.140. The van der Waals surface area contributed by atoms with Crippen LogP contribution in [-0.2, 0) is 28.4 Å². The molecule has 0 N–H and O–H groups in total. The minimum absolute atomic E-state index is 0.140. The van der Waals surface area contributed by atoms with Gasteiger partial charge in [-0.05, 0) is 0 Å². The fourth-order valence-electron chi connectivity index (χ4n) is 1.93. The summed E-state index contributed by atoms with van der Waals surface area (Å²) in [5, 5.41) is 0. The number of hydrogen-bond acceptors (Lipinski definition) is 6. The topological polar surface area (TPSA) is 65.3 Å². The molecule has 3 rings (SSSR count). The molecule has 0 saturated carbocycles. The summed E-state index contributed by atoms with van der Waals surface area (Å²) < 4.78 is 32.6. The van der Waals surface area contributed by atoms with Crippen LogP contribution in [0.2, 0.25) is 0 Å². The van der Waals surface area contributed by atoms with Crippen molar-refractivity contribution < 1.29 is 28.4 Å². The highest BCUT2D eigenvalue weighted by Crippen LogP contribution is 2.22. The molecule has 3 saturated heterocycles. The number of rotatable bonds is 12. The Morgan fingerprint density at radius 3 is 1.30 bits per heavy atom. The minimum atomic E-state index is -0.140. The second-order valence-electron chi connectivity index (χ2n) is 6.22. The van der Waals surface area contributed by atoms with E-state index in [0.717, 1.165) is 19.8 Å². The molecular formula is C14H24O6. The first-order valence-electron chi connectivity index (χ1n) is 7.32. The molecule has 0 amide bonds. The summed E-state index contributed by atoms with van der Waals surface area (Å²) >= 11 is 0. The van der Waals surface area contributed by atoms with Crippen LogP contribution in [0.25, 0.3) is 0 Å². The Kier molecular flexibility index (Phi) is 4.91. The lowest BCUT2D eigenvalue weighted by Crippen LogP contribution is -2.35. The van der Waals surface area contributed by atoms with Crippen molar-refractivity contribution >= 4 is 0 Å². The van der Waals surface area contributed by atoms with E-state index in [-0.39, 0.29) is 5.41 Å². The number of ether oxygens (including phenoxy) is 6. The molecule has 3 aliphatic heterocycles. The maximum absolute atomic E-state index is 5.72. The summed E-state index contributed by atoms with van der Waals surface area (Å²) in [7, 11) is 0. The fraction of sp³-hybridized carbons (Fsp3) is 1.00. The Balaban J connectivity index is 1.35. The molecule has 0 aromatic rings. The van der Waals surface area contributed by atoms with Gasteiger partial charge in [-0.1, -0.05) is 6.92 Å². The van der Waals surface area contributed by atoms with Gasteiger partial charge in [0.05, 0.1) is 59.5 Å². The molecule has 3 fully saturated rings. The van der Waals surface area contributed by atoms with Crippen LogP contribution in [0.15, 0.2) is 0 Å². The predicted octanol–water partition coefficient (Wildman–Crippen LogP) is 0.239. The van der Waals surface area contributed by atoms with Crippen LogP contribution < -0.4 is 0 Å². The molecule has 3 atom stereocenters. The SMILES string of the molecule is CC(COCC1CO1)(COCC1CO1)COC[C@H]1CO1. The van der Waals surface area contributed by atoms with Gasteiger partial charge in [-0.25, -0.2) is 0 Å². The van der Waals surface area contributed by atoms with Crippen molar-refractivity contribution in [1.82, 2.24) is 0 Å². The van der Waals surface area contributed by atoms with Gasteiger partial charge in [0.25, 0.3) is 0 Å². The van der Waals surface area contributed by atoms with E-state index in [9.17, 15) is 0 Å². The highest BCUT2D eigenvalue weighted by atomic mass is 16.6. The van der Waals surface area contributed by atoms with Crippen molar-refractivity contribution in [3.05, 3.63) is 0 Å². The smallest absolute Gasteiger partial charge is 0.104 e. The van der Waals surface area contributed by atoms with Gasteiger partial charge in [-0.2, -0.15) is 0 Å². The molecule has 3 aliphatic rings. The van der Waals surface area contributed by atoms with Gasteiger partial charge in [0.2, 0.25) is 0 Å². The van der Waals surface area contributed by atoms with Crippen molar-refractivity contribution in [1.29, 1.82) is 0 Å². The highest BCUT2D eigenvalue weighted by molar-refractivity contribution is 4.77. The Morgan fingerprint density at radius 1 is 0.750 bits per heavy atom. The lowest BCUT2D eigenvalue weighted by atomic mass is 9.94. The molecule has 3 heterocycles. The third-order valence-electron chi connectivity index (χ3n) is 3.47. The molecule has 0 aliphatic carbocycles. The van der Waals surface area contributed by atoms with Gasteiger partial charge in [-0.15, -0.1) is 0 Å². The first kappa shape index (κ1) is 14.7. The lowest BCUT2D eigenvalue weighted by Gasteiger charge is -2.28. The third kappa shape index (κ3) is 5.63. The molecule has 6 heteroatoms. The second-order valence-corrected chi connectivity index (χ2v) is 6.22. The summed E-state index contributed by atoms with van der Waals surface area (Å²) in [6, 6.07) is 0. The molecule has 6 nitrogen and oxygen atoms in total. The van der Waals surface area contributed by atoms with Crippen LogP contribution in [0.5, 0.6) is 0 Å². The first-order chi connectivity index (χ1) is 9.73. The summed E-state index contributed by atoms with van der Waals surface area (Å²) in [4.78, 5) is 0. The zero-order chi connectivity index (χ0) is 13.8. The van der Waals surface area contributed by atoms with E-state index >= 15 is 0 Å². The van der Waals surface area contributed by atoms with Crippen molar-refractivity contribution in [3.63, 3.8) is 0 Å². The molecule has 20 heavy (non-hydrogen) atoms. The molecule has 0 bridgehead atoms. The van der Waals surface area contributed by atoms with Crippen LogP contribution >= 0.6 is 0 Å². The fourth-order valence-corrected chi connectivity index (χ4v) is 1.93. The number of hydrogen-bond donors (Lipinski definition) is 0. The van der Waals surface area contributed by atoms with E-state index in [2.05, 4.69) is 6.92 Å². The van der Waals surface area contributed by atoms with E-state index in [1.165, 1.54) is 0 Å². The molecule has 2 unspecified atom stereocenters. The van der Waals surface area contributed by atoms with E-state index in [4.69, 9.17) is 28.4 Å². The van der Waals surface area contributed by atoms with Gasteiger partial charge in [-0.3, -0.25) is 0 Å². The second kappa shape index (κ2) is 6.68. The first-order valence-corrected chi connectivity index (χ1v) is 7.32. The average Bonchev–Trinajstić information content (AvgIpc) is 3.24. The summed E-state index contributed by atoms with van der Waals surface area (Å²) in [6.07, 6.45) is 0.877. The Morgan fingerprint density at radius 2 is 1.05 bits per heavy atom. The molecule has 0 spiro atoms. The van der Waals surface area contributed by atoms with Crippen LogP contribution in [0, 0.1) is 5.41 Å². The molecular weight excluding hydrogens is 264 g/mol. The van der Waals surface area contributed by atoms with Crippen molar-refractivity contribution in [2.45, 2.75) is 25.2 Å². The normalized spacial score (nSPS) is 33.8. The predicted molar refractivity (Wildman–Crippen MR) is 69.8 cm³/mol. The third-order valence-corrected chi connectivity index (χ3v) is 3.47. The summed E-state index contributed by atoms with van der Waals surface area (Å²) in [6.45, 7) is 8.42. The van der Waals surface area contributed by atoms with Gasteiger partial charge in [0.1, 0.15) is 18.3 Å². The zero-order valence-electron chi connectivity index (χ0n) is 12.0. The Labute approximate surface area is 119 Å². The highest BCUT2D eigenvalue weighted by Gasteiger charge is 2.31. The molecule has 0 aromatic carbocycles. The van der Waals surface area contributed by atoms with E-state index in [1.54, 1.807) is 0 Å². The van der Waals surface area contributed by atoms with E-state index in [1.807, 2.05) is 0 Å². The molecule has 0 radical (unpaired) electrons. The van der Waals surface area contributed by atoms with E-state index < -0.39 is 0 Å². The quantitative estimate of drug-likeness (QED) is 0.479. The van der Waals surface area contributed by atoms with Gasteiger partial charge < -0.3 is 28.4 Å². The minimum Gasteiger partial charge on any atom is -0.378 e. The molecule has 116 valence electrons.